The summed E-state index contributed by atoms with van der Waals surface area (Å²) in [6, 6.07) is 26.1. The van der Waals surface area contributed by atoms with Crippen molar-refractivity contribution in [2.75, 3.05) is 6.61 Å². The van der Waals surface area contributed by atoms with Crippen LogP contribution >= 0.6 is 0 Å². The zero-order valence-corrected chi connectivity index (χ0v) is 15.5. The van der Waals surface area contributed by atoms with Crippen LogP contribution in [0.4, 0.5) is 4.79 Å². The lowest BCUT2D eigenvalue weighted by atomic mass is 10.1. The van der Waals surface area contributed by atoms with Crippen molar-refractivity contribution in [3.63, 3.8) is 0 Å². The monoisotopic (exact) mass is 377 g/mol. The Balaban J connectivity index is 1.51. The van der Waals surface area contributed by atoms with Crippen molar-refractivity contribution < 1.29 is 19.4 Å². The average Bonchev–Trinajstić information content (AvgIpc) is 2.76. The Labute approximate surface area is 164 Å². The molecular weight excluding hydrogens is 354 g/mol. The predicted octanol–water partition coefficient (Wildman–Crippen LogP) is 4.23. The third-order valence-electron chi connectivity index (χ3n) is 4.22. The van der Waals surface area contributed by atoms with Crippen LogP contribution in [-0.4, -0.2) is 17.8 Å². The summed E-state index contributed by atoms with van der Waals surface area (Å²) in [6.45, 7) is 0.426. The third-order valence-corrected chi connectivity index (χ3v) is 4.22. The summed E-state index contributed by atoms with van der Waals surface area (Å²) in [4.78, 5) is 12.0. The van der Waals surface area contributed by atoms with Crippen LogP contribution in [0.3, 0.4) is 0 Å². The first-order chi connectivity index (χ1) is 13.7. The van der Waals surface area contributed by atoms with Gasteiger partial charge in [0, 0.05) is 0 Å². The van der Waals surface area contributed by atoms with Crippen molar-refractivity contribution in [2.24, 2.45) is 0 Å². The molecule has 0 aliphatic heterocycles. The summed E-state index contributed by atoms with van der Waals surface area (Å²) < 4.78 is 11.0. The Kier molecular flexibility index (Phi) is 7.04. The highest BCUT2D eigenvalue weighted by Gasteiger charge is 2.14. The van der Waals surface area contributed by atoms with Gasteiger partial charge in [-0.1, -0.05) is 72.8 Å². The summed E-state index contributed by atoms with van der Waals surface area (Å²) in [7, 11) is 0. The van der Waals surface area contributed by atoms with Crippen LogP contribution < -0.4 is 10.1 Å². The summed E-state index contributed by atoms with van der Waals surface area (Å²) in [5.74, 6) is 0.718. The van der Waals surface area contributed by atoms with Crippen LogP contribution in [0.25, 0.3) is 0 Å². The minimum atomic E-state index is -0.577. The van der Waals surface area contributed by atoms with Gasteiger partial charge in [0.25, 0.3) is 0 Å². The lowest BCUT2D eigenvalue weighted by molar-refractivity contribution is 0.129. The second-order valence-corrected chi connectivity index (χ2v) is 6.28. The van der Waals surface area contributed by atoms with Gasteiger partial charge in [0.05, 0.1) is 12.6 Å². The quantitative estimate of drug-likeness (QED) is 0.617. The van der Waals surface area contributed by atoms with E-state index in [1.165, 1.54) is 0 Å². The lowest BCUT2D eigenvalue weighted by Crippen LogP contribution is -2.31. The molecule has 0 unspecified atom stereocenters. The van der Waals surface area contributed by atoms with E-state index in [2.05, 4.69) is 5.32 Å². The summed E-state index contributed by atoms with van der Waals surface area (Å²) in [5, 5.41) is 12.3. The number of benzene rings is 3. The smallest absolute Gasteiger partial charge is 0.408 e. The van der Waals surface area contributed by atoms with Crippen LogP contribution in [0.1, 0.15) is 22.7 Å². The fraction of sp³-hybridized carbons (Fsp3) is 0.174. The molecule has 0 saturated carbocycles. The van der Waals surface area contributed by atoms with E-state index in [1.54, 1.807) is 0 Å². The van der Waals surface area contributed by atoms with Crippen molar-refractivity contribution in [3.8, 4) is 5.75 Å². The number of hydrogen-bond acceptors (Lipinski definition) is 4. The number of hydrogen-bond donors (Lipinski definition) is 2. The van der Waals surface area contributed by atoms with Gasteiger partial charge in [-0.15, -0.1) is 0 Å². The van der Waals surface area contributed by atoms with Gasteiger partial charge in [-0.2, -0.15) is 0 Å². The molecule has 5 nitrogen and oxygen atoms in total. The second-order valence-electron chi connectivity index (χ2n) is 6.28. The molecule has 0 fully saturated rings. The molecule has 3 rings (SSSR count). The summed E-state index contributed by atoms with van der Waals surface area (Å²) >= 11 is 0. The predicted molar refractivity (Wildman–Crippen MR) is 107 cm³/mol. The van der Waals surface area contributed by atoms with Gasteiger partial charge < -0.3 is 19.9 Å². The molecule has 2 N–H and O–H groups in total. The van der Waals surface area contributed by atoms with E-state index in [4.69, 9.17) is 9.47 Å². The zero-order valence-electron chi connectivity index (χ0n) is 15.5. The number of rotatable bonds is 8. The molecule has 0 bridgehead atoms. The molecule has 0 spiro atoms. The normalized spacial score (nSPS) is 11.5. The molecule has 0 saturated heterocycles. The first-order valence-corrected chi connectivity index (χ1v) is 9.09. The Hall–Kier alpha value is -3.31. The zero-order chi connectivity index (χ0) is 19.6. The molecule has 5 heteroatoms. The molecule has 28 heavy (non-hydrogen) atoms. The van der Waals surface area contributed by atoms with Crippen LogP contribution in [0.15, 0.2) is 84.9 Å². The van der Waals surface area contributed by atoms with E-state index in [0.29, 0.717) is 6.61 Å². The minimum Gasteiger partial charge on any atom is -0.489 e. The molecule has 0 heterocycles. The molecule has 0 radical (unpaired) electrons. The standard InChI is InChI=1S/C23H23NO4/c25-15-22(24-23(26)28-17-19-9-5-2-6-10-19)20-11-13-21(14-12-20)27-16-18-7-3-1-4-8-18/h1-14,22,25H,15-17H2,(H,24,26)/t22-/m1/s1. The highest BCUT2D eigenvalue weighted by molar-refractivity contribution is 5.68. The molecule has 144 valence electrons. The van der Waals surface area contributed by atoms with Gasteiger partial charge in [0.2, 0.25) is 0 Å². The van der Waals surface area contributed by atoms with Crippen LogP contribution in [-0.2, 0) is 18.0 Å². The van der Waals surface area contributed by atoms with Gasteiger partial charge >= 0.3 is 6.09 Å². The fourth-order valence-electron chi connectivity index (χ4n) is 2.68. The topological polar surface area (TPSA) is 67.8 Å². The van der Waals surface area contributed by atoms with Crippen molar-refractivity contribution in [3.05, 3.63) is 102 Å². The van der Waals surface area contributed by atoms with E-state index in [0.717, 1.165) is 22.4 Å². The van der Waals surface area contributed by atoms with Gasteiger partial charge in [-0.25, -0.2) is 4.79 Å². The van der Waals surface area contributed by atoms with Crippen LogP contribution in [0.5, 0.6) is 5.75 Å². The molecule has 3 aromatic carbocycles. The number of alkyl carbamates (subject to hydrolysis) is 1. The van der Waals surface area contributed by atoms with Gasteiger partial charge in [0.15, 0.2) is 0 Å². The van der Waals surface area contributed by atoms with E-state index >= 15 is 0 Å². The minimum absolute atomic E-state index is 0.178. The molecule has 1 atom stereocenters. The molecule has 1 amide bonds. The van der Waals surface area contributed by atoms with E-state index in [9.17, 15) is 9.90 Å². The maximum absolute atomic E-state index is 12.0. The molecule has 0 aromatic heterocycles. The Morgan fingerprint density at radius 2 is 1.39 bits per heavy atom. The summed E-state index contributed by atoms with van der Waals surface area (Å²) in [5.41, 5.74) is 2.76. The first kappa shape index (κ1) is 19.5. The number of aliphatic hydroxyl groups excluding tert-OH is 1. The van der Waals surface area contributed by atoms with Gasteiger partial charge in [-0.3, -0.25) is 0 Å². The number of carbonyl (C=O) groups is 1. The van der Waals surface area contributed by atoms with Crippen molar-refractivity contribution >= 4 is 6.09 Å². The van der Waals surface area contributed by atoms with Crippen molar-refractivity contribution in [1.82, 2.24) is 5.32 Å². The second kappa shape index (κ2) is 10.1. The highest BCUT2D eigenvalue weighted by Crippen LogP contribution is 2.19. The first-order valence-electron chi connectivity index (χ1n) is 9.09. The van der Waals surface area contributed by atoms with E-state index in [1.807, 2.05) is 84.9 Å². The largest absolute Gasteiger partial charge is 0.489 e. The van der Waals surface area contributed by atoms with Gasteiger partial charge in [-0.05, 0) is 28.8 Å². The van der Waals surface area contributed by atoms with Crippen LogP contribution in [0, 0.1) is 0 Å². The molecule has 3 aromatic rings. The Morgan fingerprint density at radius 1 is 0.821 bits per heavy atom. The third kappa shape index (κ3) is 5.86. The maximum Gasteiger partial charge on any atom is 0.408 e. The Bertz CT molecular complexity index is 851. The number of amides is 1. The molecular formula is C23H23NO4. The number of aliphatic hydroxyl groups is 1. The number of ether oxygens (including phenoxy) is 2. The van der Waals surface area contributed by atoms with Crippen molar-refractivity contribution in [2.45, 2.75) is 19.3 Å². The number of carbonyl (C=O) groups excluding carboxylic acids is 1. The fourth-order valence-corrected chi connectivity index (χ4v) is 2.68. The molecule has 0 aliphatic carbocycles. The summed E-state index contributed by atoms with van der Waals surface area (Å²) in [6.07, 6.45) is -0.577. The average molecular weight is 377 g/mol. The van der Waals surface area contributed by atoms with E-state index < -0.39 is 12.1 Å². The number of nitrogens with one attached hydrogen (secondary N) is 1. The Morgan fingerprint density at radius 3 is 1.96 bits per heavy atom. The lowest BCUT2D eigenvalue weighted by Gasteiger charge is -2.17. The van der Waals surface area contributed by atoms with Gasteiger partial charge in [0.1, 0.15) is 19.0 Å². The van der Waals surface area contributed by atoms with E-state index in [-0.39, 0.29) is 13.2 Å². The van der Waals surface area contributed by atoms with Crippen molar-refractivity contribution in [1.29, 1.82) is 0 Å². The maximum atomic E-state index is 12.0. The van der Waals surface area contributed by atoms with Crippen LogP contribution in [0.2, 0.25) is 0 Å². The highest BCUT2D eigenvalue weighted by atomic mass is 16.5. The molecule has 0 aliphatic rings. The SMILES string of the molecule is O=C(N[C@H](CO)c1ccc(OCc2ccccc2)cc1)OCc1ccccc1.